The van der Waals surface area contributed by atoms with Crippen molar-refractivity contribution in [1.82, 2.24) is 0 Å². The summed E-state index contributed by atoms with van der Waals surface area (Å²) in [6.45, 7) is 6.81. The van der Waals surface area contributed by atoms with E-state index < -0.39 is 20.8 Å². The van der Waals surface area contributed by atoms with Crippen LogP contribution in [-0.4, -0.2) is 22.8 Å². The molecule has 0 bridgehead atoms. The molecule has 1 unspecified atom stereocenters. The first-order valence-electron chi connectivity index (χ1n) is 8.70. The van der Waals surface area contributed by atoms with Crippen LogP contribution in [0.5, 0.6) is 0 Å². The lowest BCUT2D eigenvalue weighted by atomic mass is 10.0. The molecule has 3 nitrogen and oxygen atoms in total. The molecule has 0 amide bonds. The minimum atomic E-state index is -4.34. The molecule has 0 spiro atoms. The van der Waals surface area contributed by atoms with Gasteiger partial charge in [0.1, 0.15) is 11.5 Å². The number of hydrogen-bond donors (Lipinski definition) is 0. The van der Waals surface area contributed by atoms with Crippen LogP contribution in [-0.2, 0) is 21.8 Å². The molecule has 26 heavy (non-hydrogen) atoms. The summed E-state index contributed by atoms with van der Waals surface area (Å²) < 4.78 is 55.4. The van der Waals surface area contributed by atoms with Crippen molar-refractivity contribution in [1.29, 1.82) is 0 Å². The van der Waals surface area contributed by atoms with Gasteiger partial charge in [0.2, 0.25) is 0 Å². The van der Waals surface area contributed by atoms with Gasteiger partial charge in [0.25, 0.3) is 0 Å². The molecule has 1 aromatic carbocycles. The molecule has 0 fully saturated rings. The molecule has 7 heteroatoms. The highest BCUT2D eigenvalue weighted by molar-refractivity contribution is 6.48. The summed E-state index contributed by atoms with van der Waals surface area (Å²) in [7, 11) is 0.553. The molecule has 0 aliphatic rings. The fraction of sp³-hybridized carbons (Fsp3) is 0.474. The number of ether oxygens (including phenoxy) is 1. The third kappa shape index (κ3) is 5.22. The van der Waals surface area contributed by atoms with Gasteiger partial charge < -0.3 is 13.6 Å². The van der Waals surface area contributed by atoms with Crippen LogP contribution in [0.3, 0.4) is 0 Å². The van der Waals surface area contributed by atoms with Gasteiger partial charge >= 0.3 is 6.18 Å². The summed E-state index contributed by atoms with van der Waals surface area (Å²) in [5.41, 5.74) is 0.868. The zero-order valence-electron chi connectivity index (χ0n) is 15.5. The Labute approximate surface area is 153 Å². The number of alkyl halides is 3. The highest BCUT2D eigenvalue weighted by Gasteiger charge is 2.30. The van der Waals surface area contributed by atoms with Gasteiger partial charge in [-0.1, -0.05) is 19.1 Å². The molecule has 2 aromatic rings. The van der Waals surface area contributed by atoms with Crippen molar-refractivity contribution in [3.8, 4) is 11.3 Å². The monoisotopic (exact) mass is 386 g/mol. The van der Waals surface area contributed by atoms with Gasteiger partial charge in [-0.2, -0.15) is 13.2 Å². The van der Waals surface area contributed by atoms with Crippen LogP contribution in [0.2, 0.25) is 13.1 Å². The van der Waals surface area contributed by atoms with Crippen LogP contribution in [0.4, 0.5) is 13.2 Å². The van der Waals surface area contributed by atoms with E-state index in [1.54, 1.807) is 7.11 Å². The van der Waals surface area contributed by atoms with Gasteiger partial charge in [-0.15, -0.1) is 0 Å². The van der Waals surface area contributed by atoms with Crippen LogP contribution >= 0.6 is 0 Å². The first kappa shape index (κ1) is 20.7. The Morgan fingerprint density at radius 3 is 2.31 bits per heavy atom. The molecule has 0 N–H and O–H groups in total. The van der Waals surface area contributed by atoms with E-state index in [1.165, 1.54) is 12.1 Å². The third-order valence-corrected chi connectivity index (χ3v) is 5.02. The van der Waals surface area contributed by atoms with Crippen molar-refractivity contribution in [2.24, 2.45) is 0 Å². The van der Waals surface area contributed by atoms with Gasteiger partial charge in [0, 0.05) is 31.3 Å². The van der Waals surface area contributed by atoms with Gasteiger partial charge in [0.15, 0.2) is 9.04 Å². The number of hydrogen-bond acceptors (Lipinski definition) is 3. The SMILES string of the molecule is CCc1oc(-c2ccc(C(F)(F)F)cc2)cc1C(CCO[SiH](C)C)OC. The maximum atomic E-state index is 12.7. The molecule has 0 radical (unpaired) electrons. The van der Waals surface area contributed by atoms with Crippen molar-refractivity contribution in [3.05, 3.63) is 47.2 Å². The van der Waals surface area contributed by atoms with E-state index >= 15 is 0 Å². The maximum absolute atomic E-state index is 12.7. The molecule has 2 rings (SSSR count). The van der Waals surface area contributed by atoms with Crippen LogP contribution in [0.25, 0.3) is 11.3 Å². The molecule has 1 atom stereocenters. The Kier molecular flexibility index (Phi) is 7.08. The minimum absolute atomic E-state index is 0.162. The normalized spacial score (nSPS) is 13.4. The fourth-order valence-corrected chi connectivity index (χ4v) is 3.38. The van der Waals surface area contributed by atoms with Crippen molar-refractivity contribution in [2.45, 2.75) is 45.1 Å². The quantitative estimate of drug-likeness (QED) is 0.553. The van der Waals surface area contributed by atoms with E-state index in [0.29, 0.717) is 30.8 Å². The molecule has 1 heterocycles. The molecule has 0 saturated carbocycles. The molecule has 1 aromatic heterocycles. The zero-order chi connectivity index (χ0) is 19.3. The number of halogens is 3. The molecular formula is C19H25F3O3Si. The second-order valence-electron chi connectivity index (χ2n) is 6.35. The number of methoxy groups -OCH3 is 1. The number of benzene rings is 1. The van der Waals surface area contributed by atoms with Gasteiger partial charge in [-0.25, -0.2) is 0 Å². The van der Waals surface area contributed by atoms with Crippen molar-refractivity contribution in [3.63, 3.8) is 0 Å². The van der Waals surface area contributed by atoms with Crippen LogP contribution in [0.15, 0.2) is 34.7 Å². The van der Waals surface area contributed by atoms with E-state index in [0.717, 1.165) is 23.5 Å². The number of aryl methyl sites for hydroxylation is 1. The predicted molar refractivity (Wildman–Crippen MR) is 97.7 cm³/mol. The van der Waals surface area contributed by atoms with Crippen molar-refractivity contribution >= 4 is 9.04 Å². The van der Waals surface area contributed by atoms with E-state index in [1.807, 2.05) is 13.0 Å². The summed E-state index contributed by atoms with van der Waals surface area (Å²) in [5, 5.41) is 0. The summed E-state index contributed by atoms with van der Waals surface area (Å²) in [6, 6.07) is 6.86. The maximum Gasteiger partial charge on any atom is 0.416 e. The van der Waals surface area contributed by atoms with Gasteiger partial charge in [-0.05, 0) is 37.7 Å². The predicted octanol–water partition coefficient (Wildman–Crippen LogP) is 5.61. The topological polar surface area (TPSA) is 31.6 Å². The highest BCUT2D eigenvalue weighted by Crippen LogP contribution is 2.35. The Hall–Kier alpha value is -1.57. The lowest BCUT2D eigenvalue weighted by Gasteiger charge is -2.16. The first-order valence-corrected chi connectivity index (χ1v) is 11.5. The van der Waals surface area contributed by atoms with E-state index in [9.17, 15) is 13.2 Å². The molecule has 0 saturated heterocycles. The van der Waals surface area contributed by atoms with Crippen LogP contribution in [0, 0.1) is 0 Å². The Balaban J connectivity index is 2.24. The van der Waals surface area contributed by atoms with Gasteiger partial charge in [0.05, 0.1) is 11.7 Å². The van der Waals surface area contributed by atoms with E-state index in [2.05, 4.69) is 13.1 Å². The fourth-order valence-electron chi connectivity index (χ4n) is 2.77. The Morgan fingerprint density at radius 1 is 1.15 bits per heavy atom. The molecule has 0 aliphatic carbocycles. The summed E-state index contributed by atoms with van der Waals surface area (Å²) >= 11 is 0. The van der Waals surface area contributed by atoms with Crippen LogP contribution < -0.4 is 0 Å². The minimum Gasteiger partial charge on any atom is -0.461 e. The van der Waals surface area contributed by atoms with Gasteiger partial charge in [-0.3, -0.25) is 0 Å². The third-order valence-electron chi connectivity index (χ3n) is 4.12. The Bertz CT molecular complexity index is 693. The second-order valence-corrected chi connectivity index (χ2v) is 8.78. The number of furan rings is 1. The zero-order valence-corrected chi connectivity index (χ0v) is 16.7. The lowest BCUT2D eigenvalue weighted by molar-refractivity contribution is -0.137. The van der Waals surface area contributed by atoms with Crippen molar-refractivity contribution in [2.75, 3.05) is 13.7 Å². The molecule has 144 valence electrons. The largest absolute Gasteiger partial charge is 0.461 e. The molecular weight excluding hydrogens is 361 g/mol. The number of rotatable bonds is 8. The van der Waals surface area contributed by atoms with Crippen LogP contribution in [0.1, 0.15) is 36.3 Å². The smallest absolute Gasteiger partial charge is 0.416 e. The summed E-state index contributed by atoms with van der Waals surface area (Å²) in [4.78, 5) is 0. The van der Waals surface area contributed by atoms with E-state index in [4.69, 9.17) is 13.6 Å². The summed E-state index contributed by atoms with van der Waals surface area (Å²) in [5.74, 6) is 1.33. The van der Waals surface area contributed by atoms with Crippen molar-refractivity contribution < 1.29 is 26.8 Å². The highest BCUT2D eigenvalue weighted by atomic mass is 28.3. The Morgan fingerprint density at radius 2 is 1.81 bits per heavy atom. The van der Waals surface area contributed by atoms with E-state index in [-0.39, 0.29) is 6.10 Å². The average molecular weight is 386 g/mol. The lowest BCUT2D eigenvalue weighted by Crippen LogP contribution is -2.12. The molecule has 0 aliphatic heterocycles. The second kappa shape index (κ2) is 8.88. The average Bonchev–Trinajstić information content (AvgIpc) is 3.02. The summed E-state index contributed by atoms with van der Waals surface area (Å²) in [6.07, 6.45) is -3.12. The standard InChI is InChI=1S/C19H25F3O3Si/c1-5-16-15(17(23-2)10-11-24-26(3)4)12-18(25-16)13-6-8-14(9-7-13)19(20,21)22/h6-9,12,17,26H,5,10-11H2,1-4H3. The first-order chi connectivity index (χ1) is 12.3.